The summed E-state index contributed by atoms with van der Waals surface area (Å²) < 4.78 is 34.3. The number of esters is 1. The summed E-state index contributed by atoms with van der Waals surface area (Å²) in [7, 11) is -2.35. The Labute approximate surface area is 188 Å². The molecule has 2 aromatic heterocycles. The summed E-state index contributed by atoms with van der Waals surface area (Å²) >= 11 is 0. The van der Waals surface area contributed by atoms with Crippen LogP contribution in [-0.4, -0.2) is 47.1 Å². The molecule has 0 saturated heterocycles. The molecule has 0 saturated carbocycles. The zero-order chi connectivity index (χ0) is 22.8. The molecule has 9 heteroatoms. The Morgan fingerprint density at radius 1 is 1.00 bits per heavy atom. The van der Waals surface area contributed by atoms with Gasteiger partial charge in [-0.1, -0.05) is 31.0 Å². The largest absolute Gasteiger partial charge is 0.469 e. The number of nitrogens with zero attached hydrogens (tertiary/aromatic N) is 4. The van der Waals surface area contributed by atoms with Gasteiger partial charge in [0.25, 0.3) is 10.0 Å². The number of benzene rings is 1. The van der Waals surface area contributed by atoms with E-state index < -0.39 is 10.0 Å². The van der Waals surface area contributed by atoms with Gasteiger partial charge in [0.15, 0.2) is 5.03 Å². The highest BCUT2D eigenvalue weighted by molar-refractivity contribution is 7.89. The second-order valence-corrected chi connectivity index (χ2v) is 9.25. The van der Waals surface area contributed by atoms with E-state index in [1.54, 1.807) is 23.0 Å². The Bertz CT molecular complexity index is 1070. The summed E-state index contributed by atoms with van der Waals surface area (Å²) in [5.41, 5.74) is 1.79. The highest BCUT2D eigenvalue weighted by Gasteiger charge is 2.25. The number of aromatic nitrogens is 3. The third-order valence-electron chi connectivity index (χ3n) is 5.07. The van der Waals surface area contributed by atoms with Crippen LogP contribution in [-0.2, 0) is 26.1 Å². The molecule has 2 heterocycles. The van der Waals surface area contributed by atoms with Crippen LogP contribution in [0, 0.1) is 0 Å². The van der Waals surface area contributed by atoms with Crippen LogP contribution in [0.15, 0.2) is 72.1 Å². The lowest BCUT2D eigenvalue weighted by molar-refractivity contribution is -0.140. The molecule has 3 aromatic rings. The van der Waals surface area contributed by atoms with Gasteiger partial charge in [0, 0.05) is 38.1 Å². The van der Waals surface area contributed by atoms with Crippen molar-refractivity contribution in [3.63, 3.8) is 0 Å². The molecule has 0 N–H and O–H groups in total. The third-order valence-corrected chi connectivity index (χ3v) is 6.83. The first kappa shape index (κ1) is 23.6. The second-order valence-electron chi connectivity index (χ2n) is 7.36. The topological polar surface area (TPSA) is 94.4 Å². The van der Waals surface area contributed by atoms with Crippen LogP contribution in [0.3, 0.4) is 0 Å². The van der Waals surface area contributed by atoms with Crippen LogP contribution < -0.4 is 0 Å². The lowest BCUT2D eigenvalue weighted by Gasteiger charge is -2.22. The van der Waals surface area contributed by atoms with E-state index in [9.17, 15) is 13.2 Å². The fourth-order valence-corrected chi connectivity index (χ4v) is 4.71. The Kier molecular flexibility index (Phi) is 8.52. The predicted octanol–water partition coefficient (Wildman–Crippen LogP) is 3.58. The predicted molar refractivity (Wildman–Crippen MR) is 120 cm³/mol. The van der Waals surface area contributed by atoms with E-state index in [0.29, 0.717) is 19.4 Å². The number of pyridine rings is 1. The van der Waals surface area contributed by atoms with Gasteiger partial charge < -0.3 is 4.74 Å². The lowest BCUT2D eigenvalue weighted by Crippen LogP contribution is -2.32. The molecule has 170 valence electrons. The SMILES string of the molecule is COC(=O)CCCCCCN(Cc1ccc(-n2cccn2)cc1)S(=O)(=O)c1ccccn1. The monoisotopic (exact) mass is 456 g/mol. The number of sulfonamides is 1. The number of carbonyl (C=O) groups is 1. The standard InChI is InChI=1S/C23H28N4O4S/c1-31-23(28)10-4-2-3-7-17-26(32(29,30)22-9-5-6-15-24-22)19-20-11-13-21(14-12-20)27-18-8-16-25-27/h5-6,8-9,11-16,18H,2-4,7,10,17,19H2,1H3. The molecule has 8 nitrogen and oxygen atoms in total. The third kappa shape index (κ3) is 6.48. The molecule has 0 fully saturated rings. The minimum absolute atomic E-state index is 0.0406. The van der Waals surface area contributed by atoms with E-state index in [4.69, 9.17) is 0 Å². The molecule has 0 spiro atoms. The molecular weight excluding hydrogens is 428 g/mol. The summed E-state index contributed by atoms with van der Waals surface area (Å²) in [6.45, 7) is 0.624. The summed E-state index contributed by atoms with van der Waals surface area (Å²) in [6, 6.07) is 14.4. The molecule has 0 aliphatic heterocycles. The number of ether oxygens (including phenoxy) is 1. The zero-order valence-electron chi connectivity index (χ0n) is 18.1. The Hall–Kier alpha value is -3.04. The van der Waals surface area contributed by atoms with E-state index in [-0.39, 0.29) is 17.5 Å². The molecule has 0 atom stereocenters. The molecule has 0 radical (unpaired) electrons. The molecule has 1 aromatic carbocycles. The van der Waals surface area contributed by atoms with Gasteiger partial charge in [-0.25, -0.2) is 18.1 Å². The normalized spacial score (nSPS) is 11.6. The van der Waals surface area contributed by atoms with Gasteiger partial charge in [0.05, 0.1) is 12.8 Å². The van der Waals surface area contributed by atoms with Crippen molar-refractivity contribution in [2.75, 3.05) is 13.7 Å². The quantitative estimate of drug-likeness (QED) is 0.305. The maximum Gasteiger partial charge on any atom is 0.305 e. The molecular formula is C23H28N4O4S. The average Bonchev–Trinajstić information content (AvgIpc) is 3.36. The maximum absolute atomic E-state index is 13.2. The first-order valence-corrected chi connectivity index (χ1v) is 12.0. The van der Waals surface area contributed by atoms with Crippen molar-refractivity contribution < 1.29 is 17.9 Å². The van der Waals surface area contributed by atoms with E-state index in [1.807, 2.05) is 36.5 Å². The Balaban J connectivity index is 1.67. The van der Waals surface area contributed by atoms with Gasteiger partial charge in [-0.05, 0) is 48.7 Å². The van der Waals surface area contributed by atoms with Gasteiger partial charge in [0.1, 0.15) is 0 Å². The fourth-order valence-electron chi connectivity index (χ4n) is 3.31. The van der Waals surface area contributed by atoms with E-state index in [2.05, 4.69) is 14.8 Å². The van der Waals surface area contributed by atoms with E-state index in [1.165, 1.54) is 23.7 Å². The summed E-state index contributed by atoms with van der Waals surface area (Å²) in [5.74, 6) is -0.220. The van der Waals surface area contributed by atoms with Crippen molar-refractivity contribution in [1.29, 1.82) is 0 Å². The molecule has 0 bridgehead atoms. The first-order chi connectivity index (χ1) is 15.5. The lowest BCUT2D eigenvalue weighted by atomic mass is 10.1. The van der Waals surface area contributed by atoms with Crippen LogP contribution in [0.5, 0.6) is 0 Å². The summed E-state index contributed by atoms with van der Waals surface area (Å²) in [4.78, 5) is 15.3. The van der Waals surface area contributed by atoms with Crippen molar-refractivity contribution >= 4 is 16.0 Å². The van der Waals surface area contributed by atoms with Crippen LogP contribution >= 0.6 is 0 Å². The van der Waals surface area contributed by atoms with Gasteiger partial charge >= 0.3 is 5.97 Å². The Morgan fingerprint density at radius 2 is 1.78 bits per heavy atom. The first-order valence-electron chi connectivity index (χ1n) is 10.6. The van der Waals surface area contributed by atoms with Crippen LogP contribution in [0.1, 0.15) is 37.7 Å². The molecule has 0 unspecified atom stereocenters. The fraction of sp³-hybridized carbons (Fsp3) is 0.348. The number of carbonyl (C=O) groups excluding carboxylic acids is 1. The number of unbranched alkanes of at least 4 members (excludes halogenated alkanes) is 3. The van der Waals surface area contributed by atoms with Crippen LogP contribution in [0.4, 0.5) is 0 Å². The van der Waals surface area contributed by atoms with Crippen LogP contribution in [0.25, 0.3) is 5.69 Å². The number of hydrogen-bond acceptors (Lipinski definition) is 6. The Morgan fingerprint density at radius 3 is 2.44 bits per heavy atom. The number of hydrogen-bond donors (Lipinski definition) is 0. The number of methoxy groups -OCH3 is 1. The van der Waals surface area contributed by atoms with E-state index >= 15 is 0 Å². The summed E-state index contributed by atoms with van der Waals surface area (Å²) in [5, 5.41) is 4.25. The van der Waals surface area contributed by atoms with Gasteiger partial charge in [-0.3, -0.25) is 4.79 Å². The second kappa shape index (κ2) is 11.5. The number of rotatable bonds is 12. The van der Waals surface area contributed by atoms with Crippen LogP contribution in [0.2, 0.25) is 0 Å². The van der Waals surface area contributed by atoms with E-state index in [0.717, 1.165) is 30.5 Å². The molecule has 0 aliphatic carbocycles. The molecule has 32 heavy (non-hydrogen) atoms. The van der Waals surface area contributed by atoms with Crippen molar-refractivity contribution in [1.82, 2.24) is 19.1 Å². The highest BCUT2D eigenvalue weighted by atomic mass is 32.2. The van der Waals surface area contributed by atoms with Gasteiger partial charge in [-0.15, -0.1) is 0 Å². The zero-order valence-corrected chi connectivity index (χ0v) is 18.9. The minimum atomic E-state index is -3.73. The summed E-state index contributed by atoms with van der Waals surface area (Å²) in [6.07, 6.45) is 8.51. The maximum atomic E-state index is 13.2. The van der Waals surface area contributed by atoms with Crippen molar-refractivity contribution in [3.8, 4) is 5.69 Å². The minimum Gasteiger partial charge on any atom is -0.469 e. The molecule has 0 amide bonds. The van der Waals surface area contributed by atoms with Crippen molar-refractivity contribution in [3.05, 3.63) is 72.7 Å². The van der Waals surface area contributed by atoms with Gasteiger partial charge in [-0.2, -0.15) is 9.40 Å². The van der Waals surface area contributed by atoms with Crippen molar-refractivity contribution in [2.45, 2.75) is 43.7 Å². The molecule has 0 aliphatic rings. The smallest absolute Gasteiger partial charge is 0.305 e. The van der Waals surface area contributed by atoms with Gasteiger partial charge in [0.2, 0.25) is 0 Å². The molecule has 3 rings (SSSR count). The average molecular weight is 457 g/mol. The van der Waals surface area contributed by atoms with Crippen molar-refractivity contribution in [2.24, 2.45) is 0 Å². The highest BCUT2D eigenvalue weighted by Crippen LogP contribution is 2.19.